The molecular weight excluding hydrogens is 412 g/mol. The van der Waals surface area contributed by atoms with Gasteiger partial charge in [0, 0.05) is 11.4 Å². The number of nitrogens with zero attached hydrogens (tertiary/aromatic N) is 2. The lowest BCUT2D eigenvalue weighted by molar-refractivity contribution is -0.138. The van der Waals surface area contributed by atoms with Crippen LogP contribution in [0.15, 0.2) is 48.5 Å². The van der Waals surface area contributed by atoms with E-state index in [4.69, 9.17) is 25.2 Å². The Kier molecular flexibility index (Phi) is 7.78. The number of aliphatic carboxylic acids is 4. The molecule has 0 saturated carbocycles. The summed E-state index contributed by atoms with van der Waals surface area (Å²) in [7, 11) is 0. The predicted octanol–water partition coefficient (Wildman–Crippen LogP) is 1.43. The molecule has 164 valence electrons. The summed E-state index contributed by atoms with van der Waals surface area (Å²) in [5.41, 5.74) is 0.788. The average molecular weight is 432 g/mol. The molecule has 0 spiro atoms. The van der Waals surface area contributed by atoms with Crippen molar-refractivity contribution in [2.24, 2.45) is 0 Å². The topological polar surface area (TPSA) is 165 Å². The first-order valence-electron chi connectivity index (χ1n) is 8.89. The van der Waals surface area contributed by atoms with E-state index in [9.17, 15) is 19.2 Å². The molecule has 2 rings (SSSR count). The standard InChI is InChI=1S/C20H20N2O9/c23-17(24)9-21(10-18(25)26)13-1-5-15(6-2-13)31-16-7-3-14(4-8-16)22(11-19(27)28)12-20(29)30/h1-8H,9-12H2,(H,23,24)(H,25,26)(H,27,28)(H,29,30). The lowest BCUT2D eigenvalue weighted by Gasteiger charge is -2.21. The maximum Gasteiger partial charge on any atom is 0.323 e. The molecule has 0 radical (unpaired) electrons. The molecule has 31 heavy (non-hydrogen) atoms. The number of rotatable bonds is 12. The second-order valence-electron chi connectivity index (χ2n) is 6.38. The molecule has 0 fully saturated rings. The second-order valence-corrected chi connectivity index (χ2v) is 6.38. The predicted molar refractivity (Wildman–Crippen MR) is 108 cm³/mol. The normalized spacial score (nSPS) is 10.2. The van der Waals surface area contributed by atoms with E-state index in [0.29, 0.717) is 22.9 Å². The van der Waals surface area contributed by atoms with Crippen LogP contribution in [0.25, 0.3) is 0 Å². The van der Waals surface area contributed by atoms with E-state index < -0.39 is 50.1 Å². The smallest absolute Gasteiger partial charge is 0.323 e. The molecule has 0 unspecified atom stereocenters. The van der Waals surface area contributed by atoms with E-state index in [0.717, 1.165) is 0 Å². The largest absolute Gasteiger partial charge is 0.480 e. The van der Waals surface area contributed by atoms with Gasteiger partial charge in [0.15, 0.2) is 0 Å². The Bertz CT molecular complexity index is 833. The third kappa shape index (κ3) is 7.57. The lowest BCUT2D eigenvalue weighted by atomic mass is 10.2. The first-order valence-corrected chi connectivity index (χ1v) is 8.89. The monoisotopic (exact) mass is 432 g/mol. The van der Waals surface area contributed by atoms with Gasteiger partial charge < -0.3 is 35.0 Å². The fourth-order valence-electron chi connectivity index (χ4n) is 2.72. The minimum Gasteiger partial charge on any atom is -0.480 e. The molecule has 0 heterocycles. The molecule has 0 amide bonds. The molecule has 0 bridgehead atoms. The summed E-state index contributed by atoms with van der Waals surface area (Å²) in [6, 6.07) is 12.3. The van der Waals surface area contributed by atoms with Gasteiger partial charge in [-0.25, -0.2) is 0 Å². The molecule has 0 aliphatic rings. The van der Waals surface area contributed by atoms with Crippen LogP contribution in [0.5, 0.6) is 11.5 Å². The third-order valence-electron chi connectivity index (χ3n) is 3.94. The summed E-state index contributed by atoms with van der Waals surface area (Å²) < 4.78 is 5.67. The van der Waals surface area contributed by atoms with Crippen molar-refractivity contribution in [3.05, 3.63) is 48.5 Å². The van der Waals surface area contributed by atoms with Crippen LogP contribution in [0, 0.1) is 0 Å². The number of carboxylic acids is 4. The molecule has 0 atom stereocenters. The molecule has 0 aromatic heterocycles. The van der Waals surface area contributed by atoms with Gasteiger partial charge in [-0.1, -0.05) is 0 Å². The number of carboxylic acid groups (broad SMARTS) is 4. The number of benzene rings is 2. The Morgan fingerprint density at radius 1 is 0.548 bits per heavy atom. The van der Waals surface area contributed by atoms with Gasteiger partial charge in [-0.05, 0) is 48.5 Å². The van der Waals surface area contributed by atoms with Gasteiger partial charge in [0.2, 0.25) is 0 Å². The van der Waals surface area contributed by atoms with Crippen molar-refractivity contribution in [3.63, 3.8) is 0 Å². The fourth-order valence-corrected chi connectivity index (χ4v) is 2.72. The molecule has 0 aliphatic carbocycles. The molecule has 0 aliphatic heterocycles. The summed E-state index contributed by atoms with van der Waals surface area (Å²) in [5.74, 6) is -3.86. The molecule has 2 aromatic rings. The highest BCUT2D eigenvalue weighted by Gasteiger charge is 2.16. The molecule has 11 nitrogen and oxygen atoms in total. The minimum atomic E-state index is -1.17. The Morgan fingerprint density at radius 2 is 0.806 bits per heavy atom. The van der Waals surface area contributed by atoms with Crippen molar-refractivity contribution in [3.8, 4) is 11.5 Å². The number of anilines is 2. The summed E-state index contributed by atoms with van der Waals surface area (Å²) in [6.45, 7) is -1.90. The SMILES string of the molecule is O=C(O)CN(CC(=O)O)c1ccc(Oc2ccc(N(CC(=O)O)CC(=O)O)cc2)cc1. The second kappa shape index (κ2) is 10.5. The van der Waals surface area contributed by atoms with Crippen molar-refractivity contribution < 1.29 is 44.3 Å². The van der Waals surface area contributed by atoms with E-state index in [1.807, 2.05) is 0 Å². The van der Waals surface area contributed by atoms with Gasteiger partial charge in [0.25, 0.3) is 0 Å². The van der Waals surface area contributed by atoms with Gasteiger partial charge in [-0.2, -0.15) is 0 Å². The minimum absolute atomic E-state index is 0.394. The first-order chi connectivity index (χ1) is 14.6. The molecule has 11 heteroatoms. The molecule has 4 N–H and O–H groups in total. The van der Waals surface area contributed by atoms with Crippen LogP contribution in [-0.2, 0) is 19.2 Å². The maximum absolute atomic E-state index is 10.9. The maximum atomic E-state index is 10.9. The fraction of sp³-hybridized carbons (Fsp3) is 0.200. The summed E-state index contributed by atoms with van der Waals surface area (Å²) in [6.07, 6.45) is 0. The van der Waals surface area contributed by atoms with Crippen LogP contribution < -0.4 is 14.5 Å². The Morgan fingerprint density at radius 3 is 1.03 bits per heavy atom. The number of hydrogen-bond donors (Lipinski definition) is 4. The zero-order chi connectivity index (χ0) is 23.0. The van der Waals surface area contributed by atoms with Crippen molar-refractivity contribution in [1.82, 2.24) is 0 Å². The van der Waals surface area contributed by atoms with Crippen molar-refractivity contribution in [2.45, 2.75) is 0 Å². The molecular formula is C20H20N2O9. The highest BCUT2D eigenvalue weighted by molar-refractivity contribution is 5.80. The van der Waals surface area contributed by atoms with Crippen LogP contribution in [0.1, 0.15) is 0 Å². The van der Waals surface area contributed by atoms with Gasteiger partial charge in [-0.15, -0.1) is 0 Å². The van der Waals surface area contributed by atoms with Crippen LogP contribution in [0.4, 0.5) is 11.4 Å². The van der Waals surface area contributed by atoms with Crippen molar-refractivity contribution in [1.29, 1.82) is 0 Å². The lowest BCUT2D eigenvalue weighted by Crippen LogP contribution is -2.34. The van der Waals surface area contributed by atoms with E-state index in [-0.39, 0.29) is 0 Å². The van der Waals surface area contributed by atoms with Crippen molar-refractivity contribution >= 4 is 35.3 Å². The van der Waals surface area contributed by atoms with Crippen LogP contribution in [0.2, 0.25) is 0 Å². The summed E-state index contributed by atoms with van der Waals surface area (Å²) >= 11 is 0. The zero-order valence-electron chi connectivity index (χ0n) is 16.2. The van der Waals surface area contributed by atoms with Crippen LogP contribution in [-0.4, -0.2) is 70.5 Å². The van der Waals surface area contributed by atoms with Gasteiger partial charge >= 0.3 is 23.9 Å². The van der Waals surface area contributed by atoms with Crippen LogP contribution in [0.3, 0.4) is 0 Å². The average Bonchev–Trinajstić information content (AvgIpc) is 2.67. The van der Waals surface area contributed by atoms with Gasteiger partial charge in [0.05, 0.1) is 0 Å². The number of carbonyl (C=O) groups is 4. The van der Waals surface area contributed by atoms with E-state index in [2.05, 4.69) is 0 Å². The number of hydrogen-bond acceptors (Lipinski definition) is 7. The first kappa shape index (κ1) is 23.0. The van der Waals surface area contributed by atoms with Crippen molar-refractivity contribution in [2.75, 3.05) is 36.0 Å². The Labute approximate surface area is 176 Å². The molecule has 0 saturated heterocycles. The third-order valence-corrected chi connectivity index (χ3v) is 3.94. The number of ether oxygens (including phenoxy) is 1. The Balaban J connectivity index is 2.10. The Hall–Kier alpha value is -4.28. The highest BCUT2D eigenvalue weighted by atomic mass is 16.5. The van der Waals surface area contributed by atoms with E-state index >= 15 is 0 Å². The highest BCUT2D eigenvalue weighted by Crippen LogP contribution is 2.26. The summed E-state index contributed by atoms with van der Waals surface area (Å²) in [4.78, 5) is 46.1. The quantitative estimate of drug-likeness (QED) is 0.383. The zero-order valence-corrected chi connectivity index (χ0v) is 16.2. The van der Waals surface area contributed by atoms with Gasteiger partial charge in [0.1, 0.15) is 37.7 Å². The van der Waals surface area contributed by atoms with E-state index in [1.165, 1.54) is 34.1 Å². The van der Waals surface area contributed by atoms with Gasteiger partial charge in [-0.3, -0.25) is 19.2 Å². The summed E-state index contributed by atoms with van der Waals surface area (Å²) in [5, 5.41) is 35.8. The molecule has 2 aromatic carbocycles. The van der Waals surface area contributed by atoms with E-state index in [1.54, 1.807) is 24.3 Å². The van der Waals surface area contributed by atoms with Crippen LogP contribution >= 0.6 is 0 Å².